The standard InChI is InChI=1S/C20H24F3N3O5S/c21-20(22,23)19(12-24-5-8-31-19)16-11-14(25-17(27)13-1-2-13)3-4-15(16)18(28)26-6-9-32(29,30)10-7-26/h3-4,11,13,24H,1-2,5-10,12H2,(H,25,27). The number of hydrogen-bond donors (Lipinski definition) is 2. The Morgan fingerprint density at radius 3 is 2.44 bits per heavy atom. The number of nitrogens with zero attached hydrogens (tertiary/aromatic N) is 1. The second-order valence-corrected chi connectivity index (χ2v) is 10.6. The minimum atomic E-state index is -4.85. The van der Waals surface area contributed by atoms with Gasteiger partial charge in [0.25, 0.3) is 5.91 Å². The van der Waals surface area contributed by atoms with E-state index >= 15 is 0 Å². The van der Waals surface area contributed by atoms with Gasteiger partial charge in [0.05, 0.1) is 18.1 Å². The lowest BCUT2D eigenvalue weighted by Gasteiger charge is -2.41. The molecule has 1 aromatic rings. The van der Waals surface area contributed by atoms with Crippen LogP contribution in [0.5, 0.6) is 0 Å². The maximum Gasteiger partial charge on any atom is 0.422 e. The van der Waals surface area contributed by atoms with Crippen LogP contribution in [-0.4, -0.2) is 75.6 Å². The molecule has 2 heterocycles. The van der Waals surface area contributed by atoms with Gasteiger partial charge in [0, 0.05) is 48.9 Å². The van der Waals surface area contributed by atoms with Gasteiger partial charge in [-0.3, -0.25) is 9.59 Å². The molecule has 2 saturated heterocycles. The molecule has 176 valence electrons. The summed E-state index contributed by atoms with van der Waals surface area (Å²) in [5, 5.41) is 5.31. The van der Waals surface area contributed by atoms with Crippen molar-refractivity contribution in [1.29, 1.82) is 0 Å². The van der Waals surface area contributed by atoms with E-state index in [1.807, 2.05) is 0 Å². The highest BCUT2D eigenvalue weighted by Crippen LogP contribution is 2.45. The number of rotatable bonds is 4. The molecular formula is C20H24F3N3O5S. The number of benzene rings is 1. The minimum Gasteiger partial charge on any atom is -0.358 e. The minimum absolute atomic E-state index is 0.0983. The zero-order valence-electron chi connectivity index (χ0n) is 17.2. The summed E-state index contributed by atoms with van der Waals surface area (Å²) in [6, 6.07) is 3.78. The lowest BCUT2D eigenvalue weighted by atomic mass is 9.86. The average Bonchev–Trinajstić information content (AvgIpc) is 3.58. The number of amides is 2. The molecule has 2 amide bonds. The fourth-order valence-electron chi connectivity index (χ4n) is 3.94. The summed E-state index contributed by atoms with van der Waals surface area (Å²) in [6.07, 6.45) is -3.39. The summed E-state index contributed by atoms with van der Waals surface area (Å²) >= 11 is 0. The molecule has 0 radical (unpaired) electrons. The number of carbonyl (C=O) groups is 2. The van der Waals surface area contributed by atoms with Crippen molar-refractivity contribution in [2.45, 2.75) is 24.6 Å². The molecule has 32 heavy (non-hydrogen) atoms. The van der Waals surface area contributed by atoms with Crippen LogP contribution >= 0.6 is 0 Å². The molecule has 1 atom stereocenters. The van der Waals surface area contributed by atoms with Crippen molar-refractivity contribution in [3.05, 3.63) is 29.3 Å². The third-order valence-electron chi connectivity index (χ3n) is 5.99. The average molecular weight is 475 g/mol. The zero-order valence-corrected chi connectivity index (χ0v) is 18.0. The van der Waals surface area contributed by atoms with Crippen molar-refractivity contribution < 1.29 is 35.9 Å². The maximum absolute atomic E-state index is 14.3. The maximum atomic E-state index is 14.3. The number of alkyl halides is 3. The third kappa shape index (κ3) is 4.48. The molecule has 3 fully saturated rings. The first kappa shape index (κ1) is 23.0. The van der Waals surface area contributed by atoms with Gasteiger partial charge in [0.2, 0.25) is 11.5 Å². The molecule has 2 N–H and O–H groups in total. The zero-order chi connectivity index (χ0) is 23.1. The van der Waals surface area contributed by atoms with E-state index in [1.165, 1.54) is 17.0 Å². The predicted octanol–water partition coefficient (Wildman–Crippen LogP) is 1.28. The second kappa shape index (κ2) is 8.31. The Morgan fingerprint density at radius 1 is 1.19 bits per heavy atom. The number of halogens is 3. The number of carbonyl (C=O) groups excluding carboxylic acids is 2. The Balaban J connectivity index is 1.75. The lowest BCUT2D eigenvalue weighted by molar-refractivity contribution is -0.290. The molecule has 0 spiro atoms. The van der Waals surface area contributed by atoms with Crippen molar-refractivity contribution in [2.75, 3.05) is 49.6 Å². The number of ether oxygens (including phenoxy) is 1. The molecule has 1 saturated carbocycles. The van der Waals surface area contributed by atoms with Gasteiger partial charge in [-0.25, -0.2) is 8.42 Å². The number of sulfone groups is 1. The van der Waals surface area contributed by atoms with Crippen LogP contribution in [0.1, 0.15) is 28.8 Å². The monoisotopic (exact) mass is 475 g/mol. The highest BCUT2D eigenvalue weighted by atomic mass is 32.2. The van der Waals surface area contributed by atoms with Crippen LogP contribution in [-0.2, 0) is 25.0 Å². The van der Waals surface area contributed by atoms with Crippen molar-refractivity contribution in [2.24, 2.45) is 5.92 Å². The highest BCUT2D eigenvalue weighted by molar-refractivity contribution is 7.91. The summed E-state index contributed by atoms with van der Waals surface area (Å²) in [4.78, 5) is 26.6. The predicted molar refractivity (Wildman–Crippen MR) is 109 cm³/mol. The molecule has 0 aromatic heterocycles. The van der Waals surface area contributed by atoms with Crippen molar-refractivity contribution in [3.8, 4) is 0 Å². The first-order valence-corrected chi connectivity index (χ1v) is 12.2. The Hall–Kier alpha value is -2.18. The van der Waals surface area contributed by atoms with Crippen molar-refractivity contribution >= 4 is 27.3 Å². The molecule has 3 aliphatic rings. The van der Waals surface area contributed by atoms with Crippen LogP contribution in [0, 0.1) is 5.92 Å². The molecule has 1 unspecified atom stereocenters. The van der Waals surface area contributed by atoms with Gasteiger partial charge in [-0.15, -0.1) is 0 Å². The highest BCUT2D eigenvalue weighted by Gasteiger charge is 2.59. The molecule has 2 aliphatic heterocycles. The van der Waals surface area contributed by atoms with Crippen molar-refractivity contribution in [1.82, 2.24) is 10.2 Å². The largest absolute Gasteiger partial charge is 0.422 e. The first-order valence-electron chi connectivity index (χ1n) is 10.4. The molecule has 12 heteroatoms. The second-order valence-electron chi connectivity index (χ2n) is 8.32. The molecule has 0 bridgehead atoms. The number of anilines is 1. The third-order valence-corrected chi connectivity index (χ3v) is 7.60. The number of nitrogens with one attached hydrogen (secondary N) is 2. The van der Waals surface area contributed by atoms with E-state index in [-0.39, 0.29) is 60.8 Å². The molecule has 1 aliphatic carbocycles. The van der Waals surface area contributed by atoms with E-state index in [4.69, 9.17) is 4.74 Å². The Bertz CT molecular complexity index is 1000. The molecule has 1 aromatic carbocycles. The summed E-state index contributed by atoms with van der Waals surface area (Å²) in [5.74, 6) is -1.62. The van der Waals surface area contributed by atoms with E-state index in [0.717, 1.165) is 18.9 Å². The van der Waals surface area contributed by atoms with E-state index in [9.17, 15) is 31.2 Å². The van der Waals surface area contributed by atoms with Crippen LogP contribution in [0.15, 0.2) is 18.2 Å². The normalized spacial score (nSPS) is 25.9. The fourth-order valence-corrected chi connectivity index (χ4v) is 5.14. The van der Waals surface area contributed by atoms with Gasteiger partial charge in [-0.05, 0) is 31.0 Å². The summed E-state index contributed by atoms with van der Waals surface area (Å²) < 4.78 is 71.7. The van der Waals surface area contributed by atoms with Crippen LogP contribution < -0.4 is 10.6 Å². The summed E-state index contributed by atoms with van der Waals surface area (Å²) in [6.45, 7) is -0.778. The lowest BCUT2D eigenvalue weighted by Crippen LogP contribution is -2.57. The Labute approximate surface area is 183 Å². The topological polar surface area (TPSA) is 105 Å². The van der Waals surface area contributed by atoms with Gasteiger partial charge in [0.15, 0.2) is 9.84 Å². The van der Waals surface area contributed by atoms with Gasteiger partial charge in [-0.1, -0.05) is 0 Å². The quantitative estimate of drug-likeness (QED) is 0.680. The van der Waals surface area contributed by atoms with Crippen LogP contribution in [0.2, 0.25) is 0 Å². The van der Waals surface area contributed by atoms with E-state index in [1.54, 1.807) is 0 Å². The Morgan fingerprint density at radius 2 is 1.88 bits per heavy atom. The molecular weight excluding hydrogens is 451 g/mol. The first-order chi connectivity index (χ1) is 15.0. The SMILES string of the molecule is O=C(Nc1ccc(C(=O)N2CCS(=O)(=O)CC2)c(C2(C(F)(F)F)CNCCO2)c1)C1CC1. The van der Waals surface area contributed by atoms with E-state index < -0.39 is 39.6 Å². The van der Waals surface area contributed by atoms with Crippen molar-refractivity contribution in [3.63, 3.8) is 0 Å². The molecule has 4 rings (SSSR count). The van der Waals surface area contributed by atoms with Gasteiger partial charge < -0.3 is 20.3 Å². The molecule has 8 nitrogen and oxygen atoms in total. The summed E-state index contributed by atoms with van der Waals surface area (Å²) in [5.41, 5.74) is -3.26. The van der Waals surface area contributed by atoms with Crippen LogP contribution in [0.4, 0.5) is 18.9 Å². The number of morpholine rings is 1. The van der Waals surface area contributed by atoms with E-state index in [0.29, 0.717) is 0 Å². The Kier molecular flexibility index (Phi) is 5.97. The fraction of sp³-hybridized carbons (Fsp3) is 0.600. The van der Waals surface area contributed by atoms with Crippen LogP contribution in [0.3, 0.4) is 0 Å². The van der Waals surface area contributed by atoms with E-state index in [2.05, 4.69) is 10.6 Å². The smallest absolute Gasteiger partial charge is 0.358 e. The summed E-state index contributed by atoms with van der Waals surface area (Å²) in [7, 11) is -3.28. The van der Waals surface area contributed by atoms with Gasteiger partial charge in [0.1, 0.15) is 0 Å². The number of hydrogen-bond acceptors (Lipinski definition) is 6. The van der Waals surface area contributed by atoms with Crippen LogP contribution in [0.25, 0.3) is 0 Å². The van der Waals surface area contributed by atoms with Gasteiger partial charge >= 0.3 is 6.18 Å². The van der Waals surface area contributed by atoms with Gasteiger partial charge in [-0.2, -0.15) is 13.2 Å².